The summed E-state index contributed by atoms with van der Waals surface area (Å²) in [5.41, 5.74) is 4.11. The Bertz CT molecular complexity index is 1260. The van der Waals surface area contributed by atoms with Crippen LogP contribution in [0, 0.1) is 0 Å². The highest BCUT2D eigenvalue weighted by Crippen LogP contribution is 2.33. The van der Waals surface area contributed by atoms with Crippen molar-refractivity contribution >= 4 is 23.6 Å². The number of amides is 1. The van der Waals surface area contributed by atoms with E-state index < -0.39 is 12.3 Å². The second-order valence-corrected chi connectivity index (χ2v) is 9.61. The molecule has 5 heterocycles. The summed E-state index contributed by atoms with van der Waals surface area (Å²) in [4.78, 5) is 25.3. The molecule has 0 atom stereocenters. The molecule has 0 aliphatic carbocycles. The van der Waals surface area contributed by atoms with Crippen molar-refractivity contribution in [2.75, 3.05) is 44.4 Å². The third kappa shape index (κ3) is 4.78. The fourth-order valence-electron chi connectivity index (χ4n) is 4.33. The van der Waals surface area contributed by atoms with Gasteiger partial charge >= 0.3 is 6.09 Å². The Balaban J connectivity index is 1.36. The molecule has 0 bridgehead atoms. The topological polar surface area (TPSA) is 84.6 Å². The number of pyridine rings is 2. The molecule has 3 aromatic heterocycles. The molecule has 2 aliphatic rings. The van der Waals surface area contributed by atoms with Gasteiger partial charge in [-0.2, -0.15) is 5.10 Å². The SMILES string of the molecule is CC(C)(C)OC(=O)N1CCN(c2ccc(-c3cc(OCCF)cn4nc5c(c34)C=NC5)cn2)CC1. The van der Waals surface area contributed by atoms with E-state index in [-0.39, 0.29) is 12.7 Å². The lowest BCUT2D eigenvalue weighted by atomic mass is 10.0. The number of aromatic nitrogens is 3. The van der Waals surface area contributed by atoms with E-state index in [2.05, 4.69) is 15.0 Å². The molecule has 9 nitrogen and oxygen atoms in total. The Kier molecular flexibility index (Phi) is 6.04. The molecule has 0 radical (unpaired) electrons. The Morgan fingerprint density at radius 1 is 1.17 bits per heavy atom. The van der Waals surface area contributed by atoms with Gasteiger partial charge in [-0.05, 0) is 39.0 Å². The van der Waals surface area contributed by atoms with Crippen LogP contribution >= 0.6 is 0 Å². The Morgan fingerprint density at radius 3 is 2.66 bits per heavy atom. The number of anilines is 1. The summed E-state index contributed by atoms with van der Waals surface area (Å²) in [6, 6.07) is 5.90. The molecule has 0 aromatic carbocycles. The zero-order chi connectivity index (χ0) is 24.6. The van der Waals surface area contributed by atoms with Crippen LogP contribution in [0.4, 0.5) is 15.0 Å². The molecule has 0 saturated carbocycles. The summed E-state index contributed by atoms with van der Waals surface area (Å²) in [7, 11) is 0. The van der Waals surface area contributed by atoms with Gasteiger partial charge in [0.25, 0.3) is 0 Å². The van der Waals surface area contributed by atoms with Crippen LogP contribution in [-0.2, 0) is 11.3 Å². The molecule has 10 heteroatoms. The maximum Gasteiger partial charge on any atom is 0.410 e. The van der Waals surface area contributed by atoms with Crippen LogP contribution in [0.5, 0.6) is 5.75 Å². The van der Waals surface area contributed by atoms with Gasteiger partial charge in [-0.15, -0.1) is 0 Å². The summed E-state index contributed by atoms with van der Waals surface area (Å²) in [5.74, 6) is 1.39. The van der Waals surface area contributed by atoms with Crippen LogP contribution in [0.15, 0.2) is 35.6 Å². The maximum atomic E-state index is 12.7. The van der Waals surface area contributed by atoms with Crippen LogP contribution in [0.2, 0.25) is 0 Å². The number of halogens is 1. The minimum absolute atomic E-state index is 0.0140. The number of carbonyl (C=O) groups excluding carboxylic acids is 1. The predicted octanol–water partition coefficient (Wildman–Crippen LogP) is 3.73. The molecular weight excluding hydrogens is 451 g/mol. The third-order valence-corrected chi connectivity index (χ3v) is 5.94. The van der Waals surface area contributed by atoms with Crippen LogP contribution < -0.4 is 9.64 Å². The van der Waals surface area contributed by atoms with Gasteiger partial charge in [0.2, 0.25) is 0 Å². The van der Waals surface area contributed by atoms with Crippen molar-refractivity contribution in [2.45, 2.75) is 32.9 Å². The molecular formula is C25H29FN6O3. The van der Waals surface area contributed by atoms with Crippen molar-refractivity contribution in [1.29, 1.82) is 0 Å². The van der Waals surface area contributed by atoms with Gasteiger partial charge in [-0.1, -0.05) is 0 Å². The molecule has 1 fully saturated rings. The number of piperazine rings is 1. The predicted molar refractivity (Wildman–Crippen MR) is 131 cm³/mol. The monoisotopic (exact) mass is 480 g/mol. The molecule has 5 rings (SSSR count). The number of nitrogens with zero attached hydrogens (tertiary/aromatic N) is 6. The molecule has 2 aliphatic heterocycles. The zero-order valence-corrected chi connectivity index (χ0v) is 20.2. The number of hydrogen-bond acceptors (Lipinski definition) is 7. The highest BCUT2D eigenvalue weighted by atomic mass is 19.1. The third-order valence-electron chi connectivity index (χ3n) is 5.94. The second-order valence-electron chi connectivity index (χ2n) is 9.61. The van der Waals surface area contributed by atoms with E-state index in [4.69, 9.17) is 14.5 Å². The Hall–Kier alpha value is -3.69. The lowest BCUT2D eigenvalue weighted by Gasteiger charge is -2.36. The molecule has 1 amide bonds. The molecule has 3 aromatic rings. The van der Waals surface area contributed by atoms with E-state index in [0.717, 1.165) is 33.7 Å². The summed E-state index contributed by atoms with van der Waals surface area (Å²) in [5, 5.41) is 4.63. The Labute approximate surface area is 203 Å². The molecule has 0 N–H and O–H groups in total. The van der Waals surface area contributed by atoms with Crippen LogP contribution in [0.25, 0.3) is 16.6 Å². The number of hydrogen-bond donors (Lipinski definition) is 0. The van der Waals surface area contributed by atoms with Gasteiger partial charge in [0, 0.05) is 55.3 Å². The van der Waals surface area contributed by atoms with Crippen molar-refractivity contribution < 1.29 is 18.7 Å². The van der Waals surface area contributed by atoms with Crippen LogP contribution in [0.3, 0.4) is 0 Å². The molecule has 0 unspecified atom stereocenters. The fourth-order valence-corrected chi connectivity index (χ4v) is 4.33. The first kappa shape index (κ1) is 23.1. The van der Waals surface area contributed by atoms with Crippen molar-refractivity contribution in [1.82, 2.24) is 19.5 Å². The first-order valence-corrected chi connectivity index (χ1v) is 11.8. The van der Waals surface area contributed by atoms with E-state index in [1.165, 1.54) is 0 Å². The van der Waals surface area contributed by atoms with Gasteiger partial charge < -0.3 is 19.3 Å². The quantitative estimate of drug-likeness (QED) is 0.553. The summed E-state index contributed by atoms with van der Waals surface area (Å²) >= 11 is 0. The van der Waals surface area contributed by atoms with E-state index in [1.807, 2.05) is 51.4 Å². The van der Waals surface area contributed by atoms with Gasteiger partial charge in [0.1, 0.15) is 30.4 Å². The Morgan fingerprint density at radius 2 is 1.97 bits per heavy atom. The first-order valence-electron chi connectivity index (χ1n) is 11.8. The molecule has 1 saturated heterocycles. The van der Waals surface area contributed by atoms with Gasteiger partial charge in [-0.3, -0.25) is 4.99 Å². The highest BCUT2D eigenvalue weighted by molar-refractivity contribution is 5.99. The molecule has 35 heavy (non-hydrogen) atoms. The zero-order valence-electron chi connectivity index (χ0n) is 20.2. The molecule has 184 valence electrons. The highest BCUT2D eigenvalue weighted by Gasteiger charge is 2.26. The summed E-state index contributed by atoms with van der Waals surface area (Å²) in [6.45, 7) is 8.08. The van der Waals surface area contributed by atoms with Crippen LogP contribution in [-0.4, -0.2) is 76.9 Å². The fraction of sp³-hybridized carbons (Fsp3) is 0.440. The van der Waals surface area contributed by atoms with E-state index in [0.29, 0.717) is 38.5 Å². The van der Waals surface area contributed by atoms with Gasteiger partial charge in [0.15, 0.2) is 0 Å². The number of ether oxygens (including phenoxy) is 2. The van der Waals surface area contributed by atoms with Gasteiger partial charge in [-0.25, -0.2) is 18.7 Å². The van der Waals surface area contributed by atoms with E-state index in [9.17, 15) is 9.18 Å². The number of alkyl halides is 1. The van der Waals surface area contributed by atoms with Crippen molar-refractivity contribution in [3.63, 3.8) is 0 Å². The molecule has 0 spiro atoms. The lowest BCUT2D eigenvalue weighted by molar-refractivity contribution is 0.0240. The summed E-state index contributed by atoms with van der Waals surface area (Å²) in [6.07, 6.45) is 5.16. The minimum Gasteiger partial charge on any atom is -0.489 e. The number of fused-ring (bicyclic) bond motifs is 3. The first-order chi connectivity index (χ1) is 16.8. The number of aliphatic imine (C=N–C) groups is 1. The second kappa shape index (κ2) is 9.16. The van der Waals surface area contributed by atoms with E-state index >= 15 is 0 Å². The number of rotatable bonds is 5. The van der Waals surface area contributed by atoms with E-state index in [1.54, 1.807) is 15.6 Å². The average Bonchev–Trinajstić information content (AvgIpc) is 3.42. The smallest absolute Gasteiger partial charge is 0.410 e. The maximum absolute atomic E-state index is 12.7. The minimum atomic E-state index is -0.562. The van der Waals surface area contributed by atoms with Crippen molar-refractivity contribution in [3.8, 4) is 16.9 Å². The van der Waals surface area contributed by atoms with Crippen molar-refractivity contribution in [2.24, 2.45) is 4.99 Å². The van der Waals surface area contributed by atoms with Gasteiger partial charge in [0.05, 0.1) is 24.0 Å². The largest absolute Gasteiger partial charge is 0.489 e. The van der Waals surface area contributed by atoms with Crippen molar-refractivity contribution in [3.05, 3.63) is 41.9 Å². The normalized spacial score (nSPS) is 15.5. The number of carbonyl (C=O) groups is 1. The summed E-state index contributed by atoms with van der Waals surface area (Å²) < 4.78 is 25.5. The lowest BCUT2D eigenvalue weighted by Crippen LogP contribution is -2.50. The average molecular weight is 481 g/mol. The van der Waals surface area contributed by atoms with Crippen LogP contribution in [0.1, 0.15) is 32.0 Å². The standard InChI is InChI=1S/C25H29FN6O3/c1-25(2,3)35-24(33)31-9-7-30(8-10-31)22-5-4-17(13-28-22)19-12-18(34-11-6-26)16-32-23(19)20-14-27-15-21(20)29-32/h4-5,12-14,16H,6-11,15H2,1-3H3.